The van der Waals surface area contributed by atoms with E-state index >= 15 is 0 Å². The lowest BCUT2D eigenvalue weighted by atomic mass is 9.71. The second-order valence-electron chi connectivity index (χ2n) is 6.32. The van der Waals surface area contributed by atoms with Gasteiger partial charge in [-0.05, 0) is 42.5 Å². The summed E-state index contributed by atoms with van der Waals surface area (Å²) in [6.45, 7) is 1.24. The first kappa shape index (κ1) is 19.3. The molecule has 0 heterocycles. The van der Waals surface area contributed by atoms with E-state index in [2.05, 4.69) is 0 Å². The van der Waals surface area contributed by atoms with Gasteiger partial charge in [0.05, 0.1) is 0 Å². The highest BCUT2D eigenvalue weighted by atomic mass is 35.5. The lowest BCUT2D eigenvalue weighted by molar-refractivity contribution is -0.133. The number of hydrogen-bond donors (Lipinski definition) is 1. The van der Waals surface area contributed by atoms with Gasteiger partial charge in [0.25, 0.3) is 0 Å². The number of hydrogen-bond acceptors (Lipinski definition) is 2. The van der Waals surface area contributed by atoms with E-state index < -0.39 is 0 Å². The predicted octanol–water partition coefficient (Wildman–Crippen LogP) is 4.02. The normalized spacial score (nSPS) is 16.7. The maximum atomic E-state index is 12.5. The SMILES string of the molecule is CN(Cc1ccc(Cl)cc1)C(=O)CC1(CN)CCCCC1.Cl. The number of benzene rings is 1. The molecule has 22 heavy (non-hydrogen) atoms. The minimum Gasteiger partial charge on any atom is -0.341 e. The van der Waals surface area contributed by atoms with Crippen LogP contribution in [0.2, 0.25) is 5.02 Å². The number of nitrogens with zero attached hydrogens (tertiary/aromatic N) is 1. The molecule has 1 aliphatic rings. The van der Waals surface area contributed by atoms with Crippen LogP contribution in [0.15, 0.2) is 24.3 Å². The molecular formula is C17H26Cl2N2O. The summed E-state index contributed by atoms with van der Waals surface area (Å²) in [5.74, 6) is 0.192. The number of nitrogens with two attached hydrogens (primary N) is 1. The molecule has 1 aliphatic carbocycles. The second kappa shape index (κ2) is 8.76. The van der Waals surface area contributed by atoms with Gasteiger partial charge in [-0.2, -0.15) is 0 Å². The Labute approximate surface area is 144 Å². The largest absolute Gasteiger partial charge is 0.341 e. The van der Waals surface area contributed by atoms with Crippen LogP contribution in [0, 0.1) is 5.41 Å². The van der Waals surface area contributed by atoms with Gasteiger partial charge in [0, 0.05) is 25.0 Å². The van der Waals surface area contributed by atoms with Gasteiger partial charge in [0.1, 0.15) is 0 Å². The highest BCUT2D eigenvalue weighted by Crippen LogP contribution is 2.38. The van der Waals surface area contributed by atoms with Crippen molar-refractivity contribution in [2.75, 3.05) is 13.6 Å². The molecule has 1 saturated carbocycles. The second-order valence-corrected chi connectivity index (χ2v) is 6.75. The molecule has 2 N–H and O–H groups in total. The third kappa shape index (κ3) is 5.15. The van der Waals surface area contributed by atoms with Crippen LogP contribution in [0.3, 0.4) is 0 Å². The van der Waals surface area contributed by atoms with E-state index in [4.69, 9.17) is 17.3 Å². The van der Waals surface area contributed by atoms with Gasteiger partial charge in [-0.1, -0.05) is 43.0 Å². The molecule has 1 aromatic rings. The monoisotopic (exact) mass is 344 g/mol. The van der Waals surface area contributed by atoms with Gasteiger partial charge < -0.3 is 10.6 Å². The number of rotatable bonds is 5. The molecule has 0 aromatic heterocycles. The van der Waals surface area contributed by atoms with E-state index in [0.29, 0.717) is 19.5 Å². The van der Waals surface area contributed by atoms with Crippen LogP contribution in [0.5, 0.6) is 0 Å². The van der Waals surface area contributed by atoms with Gasteiger partial charge >= 0.3 is 0 Å². The van der Waals surface area contributed by atoms with Crippen LogP contribution in [-0.2, 0) is 11.3 Å². The van der Waals surface area contributed by atoms with E-state index in [1.165, 1.54) is 19.3 Å². The van der Waals surface area contributed by atoms with Gasteiger partial charge in [-0.15, -0.1) is 12.4 Å². The van der Waals surface area contributed by atoms with Crippen LogP contribution >= 0.6 is 24.0 Å². The lowest BCUT2D eigenvalue weighted by Crippen LogP contribution is -2.39. The summed E-state index contributed by atoms with van der Waals surface area (Å²) in [4.78, 5) is 14.3. The summed E-state index contributed by atoms with van der Waals surface area (Å²) in [6.07, 6.45) is 6.43. The van der Waals surface area contributed by atoms with E-state index in [0.717, 1.165) is 23.4 Å². The topological polar surface area (TPSA) is 46.3 Å². The maximum Gasteiger partial charge on any atom is 0.223 e. The molecule has 1 aromatic carbocycles. The van der Waals surface area contributed by atoms with Gasteiger partial charge in [-0.25, -0.2) is 0 Å². The molecular weight excluding hydrogens is 319 g/mol. The molecule has 0 unspecified atom stereocenters. The van der Waals surface area contributed by atoms with E-state index in [9.17, 15) is 4.79 Å². The Hall–Kier alpha value is -0.770. The van der Waals surface area contributed by atoms with Crippen LogP contribution in [0.25, 0.3) is 0 Å². The number of carbonyl (C=O) groups excluding carboxylic acids is 1. The fourth-order valence-electron chi connectivity index (χ4n) is 3.16. The van der Waals surface area contributed by atoms with Crippen molar-refractivity contribution in [1.29, 1.82) is 0 Å². The molecule has 0 atom stereocenters. The molecule has 0 spiro atoms. The van der Waals surface area contributed by atoms with Gasteiger partial charge in [-0.3, -0.25) is 4.79 Å². The van der Waals surface area contributed by atoms with E-state index in [1.54, 1.807) is 4.90 Å². The minimum absolute atomic E-state index is 0. The zero-order valence-corrected chi connectivity index (χ0v) is 14.8. The van der Waals surface area contributed by atoms with Crippen LogP contribution in [-0.4, -0.2) is 24.4 Å². The zero-order chi connectivity index (χ0) is 15.3. The number of halogens is 2. The average molecular weight is 345 g/mol. The molecule has 2 rings (SSSR count). The van der Waals surface area contributed by atoms with E-state index in [-0.39, 0.29) is 23.7 Å². The van der Waals surface area contributed by atoms with Crippen molar-refractivity contribution in [3.05, 3.63) is 34.9 Å². The Kier molecular flexibility index (Phi) is 7.67. The van der Waals surface area contributed by atoms with Crippen LogP contribution in [0.4, 0.5) is 0 Å². The third-order valence-corrected chi connectivity index (χ3v) is 4.88. The minimum atomic E-state index is 0. The predicted molar refractivity (Wildman–Crippen MR) is 94.4 cm³/mol. The van der Waals surface area contributed by atoms with Crippen molar-refractivity contribution in [3.8, 4) is 0 Å². The summed E-state index contributed by atoms with van der Waals surface area (Å²) in [5.41, 5.74) is 7.10. The molecule has 3 nitrogen and oxygen atoms in total. The molecule has 0 saturated heterocycles. The van der Waals surface area contributed by atoms with Crippen molar-refractivity contribution < 1.29 is 4.79 Å². The van der Waals surface area contributed by atoms with Gasteiger partial charge in [0.2, 0.25) is 5.91 Å². The van der Waals surface area contributed by atoms with E-state index in [1.807, 2.05) is 31.3 Å². The van der Waals surface area contributed by atoms with Crippen LogP contribution in [0.1, 0.15) is 44.1 Å². The smallest absolute Gasteiger partial charge is 0.223 e. The summed E-state index contributed by atoms with van der Waals surface area (Å²) < 4.78 is 0. The molecule has 5 heteroatoms. The molecule has 0 aliphatic heterocycles. The molecule has 1 fully saturated rings. The lowest BCUT2D eigenvalue weighted by Gasteiger charge is -2.36. The summed E-state index contributed by atoms with van der Waals surface area (Å²) in [6, 6.07) is 7.65. The zero-order valence-electron chi connectivity index (χ0n) is 13.2. The van der Waals surface area contributed by atoms with Crippen molar-refractivity contribution >= 4 is 29.9 Å². The fraction of sp³-hybridized carbons (Fsp3) is 0.588. The summed E-state index contributed by atoms with van der Waals surface area (Å²) >= 11 is 5.88. The van der Waals surface area contributed by atoms with Crippen molar-refractivity contribution in [3.63, 3.8) is 0 Å². The summed E-state index contributed by atoms with van der Waals surface area (Å²) in [7, 11) is 1.87. The standard InChI is InChI=1S/C17H25ClN2O.ClH/c1-20(12-14-5-7-15(18)8-6-14)16(21)11-17(13-19)9-3-2-4-10-17;/h5-8H,2-4,9-13,19H2,1H3;1H. The Morgan fingerprint density at radius 3 is 2.36 bits per heavy atom. The van der Waals surface area contributed by atoms with Gasteiger partial charge in [0.15, 0.2) is 0 Å². The molecule has 0 bridgehead atoms. The first-order chi connectivity index (χ1) is 10.0. The Balaban J connectivity index is 0.00000242. The first-order valence-corrected chi connectivity index (χ1v) is 8.11. The Morgan fingerprint density at radius 2 is 1.82 bits per heavy atom. The highest BCUT2D eigenvalue weighted by molar-refractivity contribution is 6.30. The maximum absolute atomic E-state index is 12.5. The van der Waals surface area contributed by atoms with Crippen molar-refractivity contribution in [2.45, 2.75) is 45.1 Å². The Bertz CT molecular complexity index is 470. The summed E-state index contributed by atoms with van der Waals surface area (Å²) in [5, 5.41) is 0.719. The number of carbonyl (C=O) groups is 1. The molecule has 124 valence electrons. The fourth-order valence-corrected chi connectivity index (χ4v) is 3.29. The Morgan fingerprint density at radius 1 is 1.23 bits per heavy atom. The van der Waals surface area contributed by atoms with Crippen LogP contribution < -0.4 is 5.73 Å². The first-order valence-electron chi connectivity index (χ1n) is 7.73. The quantitative estimate of drug-likeness (QED) is 0.876. The van der Waals surface area contributed by atoms with Crippen molar-refractivity contribution in [2.24, 2.45) is 11.1 Å². The number of amides is 1. The molecule has 1 amide bonds. The van der Waals surface area contributed by atoms with Crippen molar-refractivity contribution in [1.82, 2.24) is 4.90 Å². The average Bonchev–Trinajstić information content (AvgIpc) is 2.50. The highest BCUT2D eigenvalue weighted by Gasteiger charge is 2.33. The third-order valence-electron chi connectivity index (χ3n) is 4.63. The molecule has 0 radical (unpaired) electrons.